The fourth-order valence-corrected chi connectivity index (χ4v) is 3.02. The SMILES string of the molecule is Cc1ccc(NC(=O)N2CC(n3cc(C(=O)NCC4CC4)nn3)C2)cc1C. The van der Waals surface area contributed by atoms with E-state index in [1.807, 2.05) is 32.0 Å². The van der Waals surface area contributed by atoms with Crippen molar-refractivity contribution < 1.29 is 9.59 Å². The summed E-state index contributed by atoms with van der Waals surface area (Å²) < 4.78 is 1.67. The third-order valence-electron chi connectivity index (χ3n) is 5.27. The molecule has 0 radical (unpaired) electrons. The van der Waals surface area contributed by atoms with Gasteiger partial charge >= 0.3 is 6.03 Å². The fourth-order valence-electron chi connectivity index (χ4n) is 3.02. The van der Waals surface area contributed by atoms with Crippen molar-refractivity contribution in [2.45, 2.75) is 32.7 Å². The van der Waals surface area contributed by atoms with Crippen LogP contribution >= 0.6 is 0 Å². The molecule has 2 aromatic rings. The van der Waals surface area contributed by atoms with Crippen LogP contribution in [0.15, 0.2) is 24.4 Å². The second-order valence-electron chi connectivity index (χ2n) is 7.53. The van der Waals surface area contributed by atoms with Crippen LogP contribution in [0.25, 0.3) is 0 Å². The Morgan fingerprint density at radius 3 is 2.67 bits per heavy atom. The van der Waals surface area contributed by atoms with Crippen molar-refractivity contribution >= 4 is 17.6 Å². The van der Waals surface area contributed by atoms with Crippen LogP contribution in [0.4, 0.5) is 10.5 Å². The van der Waals surface area contributed by atoms with Crippen LogP contribution in [-0.2, 0) is 0 Å². The Labute approximate surface area is 157 Å². The molecule has 0 spiro atoms. The van der Waals surface area contributed by atoms with Gasteiger partial charge in [-0.25, -0.2) is 9.48 Å². The van der Waals surface area contributed by atoms with Gasteiger partial charge in [-0.15, -0.1) is 5.10 Å². The van der Waals surface area contributed by atoms with E-state index in [0.717, 1.165) is 11.3 Å². The molecule has 1 saturated heterocycles. The molecule has 8 nitrogen and oxygen atoms in total. The number of aromatic nitrogens is 3. The molecule has 0 bridgehead atoms. The van der Waals surface area contributed by atoms with E-state index in [9.17, 15) is 9.59 Å². The highest BCUT2D eigenvalue weighted by Gasteiger charge is 2.33. The number of rotatable bonds is 5. The van der Waals surface area contributed by atoms with E-state index < -0.39 is 0 Å². The summed E-state index contributed by atoms with van der Waals surface area (Å²) in [5, 5.41) is 13.8. The predicted octanol–water partition coefficient (Wildman–Crippen LogP) is 2.12. The molecule has 2 fully saturated rings. The summed E-state index contributed by atoms with van der Waals surface area (Å²) in [7, 11) is 0. The minimum atomic E-state index is -0.184. The Kier molecular flexibility index (Phi) is 4.55. The zero-order valence-electron chi connectivity index (χ0n) is 15.6. The highest BCUT2D eigenvalue weighted by molar-refractivity contribution is 5.92. The smallest absolute Gasteiger partial charge is 0.321 e. The second-order valence-corrected chi connectivity index (χ2v) is 7.53. The van der Waals surface area contributed by atoms with Gasteiger partial charge in [0.25, 0.3) is 5.91 Å². The summed E-state index contributed by atoms with van der Waals surface area (Å²) in [5.74, 6) is 0.442. The molecule has 2 aliphatic rings. The van der Waals surface area contributed by atoms with Crippen LogP contribution in [-0.4, -0.2) is 51.5 Å². The van der Waals surface area contributed by atoms with Gasteiger partial charge in [0.05, 0.1) is 12.2 Å². The molecule has 3 amide bonds. The van der Waals surface area contributed by atoms with Gasteiger partial charge in [-0.05, 0) is 55.9 Å². The number of hydrogen-bond donors (Lipinski definition) is 2. The van der Waals surface area contributed by atoms with E-state index in [0.29, 0.717) is 31.2 Å². The molecule has 1 aromatic carbocycles. The van der Waals surface area contributed by atoms with Gasteiger partial charge in [0.2, 0.25) is 0 Å². The lowest BCUT2D eigenvalue weighted by Gasteiger charge is -2.38. The standard InChI is InChI=1S/C19H24N6O2/c1-12-3-6-15(7-13(12)2)21-19(27)24-9-16(10-24)25-11-17(22-23-25)18(26)20-8-14-4-5-14/h3,6-7,11,14,16H,4-5,8-10H2,1-2H3,(H,20,26)(H,21,27). The van der Waals surface area contributed by atoms with Gasteiger partial charge in [0, 0.05) is 25.3 Å². The zero-order valence-corrected chi connectivity index (χ0v) is 15.6. The summed E-state index contributed by atoms with van der Waals surface area (Å²) in [6, 6.07) is 5.79. The lowest BCUT2D eigenvalue weighted by Crippen LogP contribution is -2.52. The van der Waals surface area contributed by atoms with E-state index >= 15 is 0 Å². The second kappa shape index (κ2) is 7.02. The Balaban J connectivity index is 1.28. The molecule has 142 valence electrons. The van der Waals surface area contributed by atoms with Crippen LogP contribution in [0, 0.1) is 19.8 Å². The van der Waals surface area contributed by atoms with Gasteiger partial charge in [0.15, 0.2) is 5.69 Å². The summed E-state index contributed by atoms with van der Waals surface area (Å²) in [6.07, 6.45) is 4.04. The molecule has 2 heterocycles. The van der Waals surface area contributed by atoms with Gasteiger partial charge in [-0.2, -0.15) is 0 Å². The molecule has 0 unspecified atom stereocenters. The maximum Gasteiger partial charge on any atom is 0.321 e. The first kappa shape index (κ1) is 17.5. The maximum absolute atomic E-state index is 12.3. The Morgan fingerprint density at radius 2 is 1.96 bits per heavy atom. The Bertz CT molecular complexity index is 867. The molecule has 1 aliphatic carbocycles. The number of benzene rings is 1. The fraction of sp³-hybridized carbons (Fsp3) is 0.474. The van der Waals surface area contributed by atoms with Crippen molar-refractivity contribution in [2.24, 2.45) is 5.92 Å². The van der Waals surface area contributed by atoms with Crippen LogP contribution in [0.2, 0.25) is 0 Å². The van der Waals surface area contributed by atoms with Gasteiger partial charge in [-0.3, -0.25) is 4.79 Å². The number of nitrogens with one attached hydrogen (secondary N) is 2. The third-order valence-corrected chi connectivity index (χ3v) is 5.27. The lowest BCUT2D eigenvalue weighted by atomic mass is 10.1. The van der Waals surface area contributed by atoms with Crippen molar-refractivity contribution in [3.05, 3.63) is 41.2 Å². The first-order chi connectivity index (χ1) is 13.0. The summed E-state index contributed by atoms with van der Waals surface area (Å²) >= 11 is 0. The van der Waals surface area contributed by atoms with Crippen LogP contribution in [0.3, 0.4) is 0 Å². The summed E-state index contributed by atoms with van der Waals surface area (Å²) in [6.45, 7) is 5.86. The number of nitrogens with zero attached hydrogens (tertiary/aromatic N) is 4. The Morgan fingerprint density at radius 1 is 1.19 bits per heavy atom. The molecular weight excluding hydrogens is 344 g/mol. The monoisotopic (exact) mass is 368 g/mol. The number of hydrogen-bond acceptors (Lipinski definition) is 4. The minimum Gasteiger partial charge on any atom is -0.350 e. The molecule has 2 N–H and O–H groups in total. The molecular formula is C19H24N6O2. The van der Waals surface area contributed by atoms with E-state index in [4.69, 9.17) is 0 Å². The number of amides is 3. The number of anilines is 1. The summed E-state index contributed by atoms with van der Waals surface area (Å²) in [5.41, 5.74) is 3.46. The van der Waals surface area contributed by atoms with Crippen molar-refractivity contribution in [2.75, 3.05) is 25.0 Å². The Hall–Kier alpha value is -2.90. The normalized spacial score (nSPS) is 16.7. The van der Waals surface area contributed by atoms with Gasteiger partial charge in [0.1, 0.15) is 0 Å². The lowest BCUT2D eigenvalue weighted by molar-refractivity contribution is 0.0946. The van der Waals surface area contributed by atoms with Crippen LogP contribution in [0.5, 0.6) is 0 Å². The van der Waals surface area contributed by atoms with Crippen LogP contribution in [0.1, 0.15) is 40.5 Å². The highest BCUT2D eigenvalue weighted by Crippen LogP contribution is 2.27. The topological polar surface area (TPSA) is 92.2 Å². The van der Waals surface area contributed by atoms with E-state index in [2.05, 4.69) is 20.9 Å². The van der Waals surface area contributed by atoms with Crippen molar-refractivity contribution in [1.82, 2.24) is 25.2 Å². The average molecular weight is 368 g/mol. The molecule has 1 saturated carbocycles. The quantitative estimate of drug-likeness (QED) is 0.846. The molecule has 1 aliphatic heterocycles. The van der Waals surface area contributed by atoms with Crippen molar-refractivity contribution in [3.63, 3.8) is 0 Å². The number of urea groups is 1. The highest BCUT2D eigenvalue weighted by atomic mass is 16.2. The van der Waals surface area contributed by atoms with Crippen molar-refractivity contribution in [3.8, 4) is 0 Å². The predicted molar refractivity (Wildman–Crippen MR) is 101 cm³/mol. The first-order valence-electron chi connectivity index (χ1n) is 9.33. The molecule has 4 rings (SSSR count). The third kappa shape index (κ3) is 3.94. The number of aryl methyl sites for hydroxylation is 2. The molecule has 27 heavy (non-hydrogen) atoms. The van der Waals surface area contributed by atoms with E-state index in [1.54, 1.807) is 15.8 Å². The first-order valence-corrected chi connectivity index (χ1v) is 9.33. The van der Waals surface area contributed by atoms with Gasteiger partial charge < -0.3 is 15.5 Å². The maximum atomic E-state index is 12.3. The average Bonchev–Trinajstić information content (AvgIpc) is 3.31. The van der Waals surface area contributed by atoms with Gasteiger partial charge in [-0.1, -0.05) is 11.3 Å². The van der Waals surface area contributed by atoms with Crippen LogP contribution < -0.4 is 10.6 Å². The largest absolute Gasteiger partial charge is 0.350 e. The zero-order chi connectivity index (χ0) is 19.0. The minimum absolute atomic E-state index is 0.0491. The molecule has 1 aromatic heterocycles. The number of likely N-dealkylation sites (tertiary alicyclic amines) is 1. The van der Waals surface area contributed by atoms with Crippen molar-refractivity contribution in [1.29, 1.82) is 0 Å². The number of carbonyl (C=O) groups excluding carboxylic acids is 2. The number of carbonyl (C=O) groups is 2. The summed E-state index contributed by atoms with van der Waals surface area (Å²) in [4.78, 5) is 26.1. The van der Waals surface area contributed by atoms with E-state index in [-0.39, 0.29) is 18.0 Å². The van der Waals surface area contributed by atoms with E-state index in [1.165, 1.54) is 18.4 Å². The molecule has 8 heteroatoms. The molecule has 0 atom stereocenters.